The lowest BCUT2D eigenvalue weighted by Crippen LogP contribution is -2.45. The zero-order chi connectivity index (χ0) is 19.5. The minimum atomic E-state index is -0.00548. The van der Waals surface area contributed by atoms with Crippen molar-refractivity contribution in [1.29, 1.82) is 0 Å². The maximum Gasteiger partial charge on any atom is 0.251 e. The minimum absolute atomic E-state index is 0.00548. The summed E-state index contributed by atoms with van der Waals surface area (Å²) in [5.41, 5.74) is 0.704. The van der Waals surface area contributed by atoms with Crippen molar-refractivity contribution >= 4 is 18.1 Å². The van der Waals surface area contributed by atoms with E-state index in [0.717, 1.165) is 31.8 Å². The highest BCUT2D eigenvalue weighted by molar-refractivity contribution is 7.71. The molecule has 1 aromatic carbocycles. The molecule has 3 heterocycles. The van der Waals surface area contributed by atoms with E-state index >= 15 is 0 Å². The van der Waals surface area contributed by atoms with Crippen LogP contribution in [-0.2, 0) is 13.7 Å². The van der Waals surface area contributed by atoms with E-state index in [1.54, 1.807) is 6.26 Å². The quantitative estimate of drug-likeness (QED) is 0.670. The number of benzene rings is 1. The summed E-state index contributed by atoms with van der Waals surface area (Å²) in [6, 6.07) is 13.3. The van der Waals surface area contributed by atoms with Crippen LogP contribution in [-0.4, -0.2) is 44.3 Å². The van der Waals surface area contributed by atoms with Gasteiger partial charge in [0.25, 0.3) is 5.91 Å². The molecule has 8 heteroatoms. The average Bonchev–Trinajstić information content (AvgIpc) is 3.34. The summed E-state index contributed by atoms with van der Waals surface area (Å²) in [7, 11) is 1.90. The van der Waals surface area contributed by atoms with Crippen LogP contribution in [0.5, 0.6) is 0 Å². The lowest BCUT2D eigenvalue weighted by molar-refractivity contribution is 0.0896. The molecule has 0 atom stereocenters. The topological polar surface area (TPSA) is 68.2 Å². The van der Waals surface area contributed by atoms with E-state index in [2.05, 4.69) is 15.3 Å². The Morgan fingerprint density at radius 3 is 2.64 bits per heavy atom. The Hall–Kier alpha value is -2.71. The van der Waals surface area contributed by atoms with Gasteiger partial charge in [-0.2, -0.15) is 0 Å². The van der Waals surface area contributed by atoms with Gasteiger partial charge in [0.05, 0.1) is 12.9 Å². The van der Waals surface area contributed by atoms with Crippen molar-refractivity contribution in [1.82, 2.24) is 24.6 Å². The number of amides is 1. The second-order valence-corrected chi connectivity index (χ2v) is 7.38. The molecule has 146 valence electrons. The molecular formula is C20H23N5O2S. The number of carbonyl (C=O) groups excluding carboxylic acids is 1. The molecule has 1 N–H and O–H groups in total. The molecule has 1 fully saturated rings. The van der Waals surface area contributed by atoms with E-state index in [4.69, 9.17) is 16.6 Å². The molecule has 0 saturated carbocycles. The van der Waals surface area contributed by atoms with Gasteiger partial charge in [0.1, 0.15) is 0 Å². The Morgan fingerprint density at radius 2 is 1.96 bits per heavy atom. The van der Waals surface area contributed by atoms with Crippen molar-refractivity contribution in [2.75, 3.05) is 13.1 Å². The van der Waals surface area contributed by atoms with Gasteiger partial charge in [-0.15, -0.1) is 5.10 Å². The normalized spacial score (nSPS) is 15.6. The number of nitrogens with one attached hydrogen (secondary N) is 1. The summed E-state index contributed by atoms with van der Waals surface area (Å²) in [4.78, 5) is 14.6. The van der Waals surface area contributed by atoms with Gasteiger partial charge in [-0.3, -0.25) is 9.69 Å². The molecule has 1 amide bonds. The van der Waals surface area contributed by atoms with Gasteiger partial charge < -0.3 is 14.3 Å². The number of hydrogen-bond donors (Lipinski definition) is 1. The number of carbonyl (C=O) groups is 1. The molecule has 7 nitrogen and oxygen atoms in total. The van der Waals surface area contributed by atoms with Crippen LogP contribution in [0.25, 0.3) is 11.6 Å². The van der Waals surface area contributed by atoms with E-state index < -0.39 is 0 Å². The highest BCUT2D eigenvalue weighted by atomic mass is 32.1. The maximum absolute atomic E-state index is 12.3. The molecule has 0 aliphatic carbocycles. The lowest BCUT2D eigenvalue weighted by atomic mass is 10.0. The van der Waals surface area contributed by atoms with Crippen LogP contribution in [0.2, 0.25) is 0 Å². The van der Waals surface area contributed by atoms with E-state index in [9.17, 15) is 4.79 Å². The first-order valence-electron chi connectivity index (χ1n) is 9.38. The lowest BCUT2D eigenvalue weighted by Gasteiger charge is -2.32. The third-order valence-corrected chi connectivity index (χ3v) is 5.56. The summed E-state index contributed by atoms with van der Waals surface area (Å²) < 4.78 is 9.80. The second-order valence-electron chi connectivity index (χ2n) is 7.02. The van der Waals surface area contributed by atoms with E-state index in [0.29, 0.717) is 22.8 Å². The van der Waals surface area contributed by atoms with Crippen LogP contribution >= 0.6 is 12.2 Å². The summed E-state index contributed by atoms with van der Waals surface area (Å²) in [5.74, 6) is 1.42. The van der Waals surface area contributed by atoms with Crippen LogP contribution in [0.3, 0.4) is 0 Å². The zero-order valence-electron chi connectivity index (χ0n) is 15.7. The summed E-state index contributed by atoms with van der Waals surface area (Å²) in [6.45, 7) is 2.40. The number of likely N-dealkylation sites (tertiary alicyclic amines) is 1. The van der Waals surface area contributed by atoms with Crippen LogP contribution in [0.1, 0.15) is 23.2 Å². The highest BCUT2D eigenvalue weighted by Gasteiger charge is 2.22. The zero-order valence-corrected chi connectivity index (χ0v) is 16.6. The number of rotatable bonds is 5. The predicted molar refractivity (Wildman–Crippen MR) is 108 cm³/mol. The van der Waals surface area contributed by atoms with Crippen molar-refractivity contribution in [3.05, 3.63) is 59.1 Å². The van der Waals surface area contributed by atoms with E-state index in [1.165, 1.54) is 0 Å². The van der Waals surface area contributed by atoms with Crippen molar-refractivity contribution in [3.8, 4) is 11.6 Å². The van der Waals surface area contributed by atoms with Crippen LogP contribution in [0.4, 0.5) is 0 Å². The molecule has 28 heavy (non-hydrogen) atoms. The Morgan fingerprint density at radius 1 is 1.21 bits per heavy atom. The van der Waals surface area contributed by atoms with Gasteiger partial charge >= 0.3 is 0 Å². The first-order chi connectivity index (χ1) is 13.6. The molecule has 0 radical (unpaired) electrons. The summed E-state index contributed by atoms with van der Waals surface area (Å²) >= 11 is 5.53. The van der Waals surface area contributed by atoms with Gasteiger partial charge in [-0.05, 0) is 49.3 Å². The highest BCUT2D eigenvalue weighted by Crippen LogP contribution is 2.18. The number of hydrogen-bond acceptors (Lipinski definition) is 5. The van der Waals surface area contributed by atoms with Crippen molar-refractivity contribution < 1.29 is 9.21 Å². The average molecular weight is 398 g/mol. The standard InChI is InChI=1S/C20H23N5O2S/c1-23-18(17-8-5-13-27-17)22-25(20(23)28)14-24-11-9-16(10-12-24)21-19(26)15-6-3-2-4-7-15/h2-8,13,16H,9-12,14H2,1H3,(H,21,26). The summed E-state index contributed by atoms with van der Waals surface area (Å²) in [5, 5.41) is 7.76. The van der Waals surface area contributed by atoms with Crippen LogP contribution in [0.15, 0.2) is 53.1 Å². The first kappa shape index (κ1) is 18.6. The van der Waals surface area contributed by atoms with Crippen molar-refractivity contribution in [2.24, 2.45) is 7.05 Å². The maximum atomic E-state index is 12.3. The van der Waals surface area contributed by atoms with Gasteiger partial charge in [-0.25, -0.2) is 4.68 Å². The van der Waals surface area contributed by atoms with Crippen LogP contribution < -0.4 is 5.32 Å². The van der Waals surface area contributed by atoms with Gasteiger partial charge in [0, 0.05) is 31.7 Å². The third-order valence-electron chi connectivity index (χ3n) is 5.08. The van der Waals surface area contributed by atoms with Gasteiger partial charge in [0.2, 0.25) is 0 Å². The van der Waals surface area contributed by atoms with Gasteiger partial charge in [0.15, 0.2) is 16.4 Å². The first-order valence-corrected chi connectivity index (χ1v) is 9.78. The van der Waals surface area contributed by atoms with Gasteiger partial charge in [-0.1, -0.05) is 18.2 Å². The SMILES string of the molecule is Cn1c(-c2ccco2)nn(CN2CCC(NC(=O)c3ccccc3)CC2)c1=S. The molecule has 4 rings (SSSR count). The predicted octanol–water partition coefficient (Wildman–Crippen LogP) is 3.06. The Kier molecular flexibility index (Phi) is 5.40. The Bertz CT molecular complexity index is 986. The third kappa shape index (κ3) is 3.93. The molecule has 2 aromatic heterocycles. The number of piperidine rings is 1. The Labute approximate surface area is 168 Å². The van der Waals surface area contributed by atoms with Crippen molar-refractivity contribution in [2.45, 2.75) is 25.6 Å². The smallest absolute Gasteiger partial charge is 0.251 e. The largest absolute Gasteiger partial charge is 0.461 e. The molecule has 1 saturated heterocycles. The monoisotopic (exact) mass is 397 g/mol. The van der Waals surface area contributed by atoms with E-state index in [-0.39, 0.29) is 11.9 Å². The fourth-order valence-electron chi connectivity index (χ4n) is 3.47. The summed E-state index contributed by atoms with van der Waals surface area (Å²) in [6.07, 6.45) is 3.44. The molecule has 0 unspecified atom stereocenters. The molecule has 3 aromatic rings. The Balaban J connectivity index is 1.34. The molecule has 1 aliphatic rings. The second kappa shape index (κ2) is 8.12. The molecule has 0 spiro atoms. The molecular weight excluding hydrogens is 374 g/mol. The van der Waals surface area contributed by atoms with E-state index in [1.807, 2.05) is 58.8 Å². The van der Waals surface area contributed by atoms with Crippen LogP contribution in [0, 0.1) is 4.77 Å². The molecule has 0 bridgehead atoms. The number of furan rings is 1. The molecule has 1 aliphatic heterocycles. The fourth-order valence-corrected chi connectivity index (χ4v) is 3.65. The minimum Gasteiger partial charge on any atom is -0.461 e. The fraction of sp³-hybridized carbons (Fsp3) is 0.350. The number of aromatic nitrogens is 3. The van der Waals surface area contributed by atoms with Crippen molar-refractivity contribution in [3.63, 3.8) is 0 Å². The number of nitrogens with zero attached hydrogens (tertiary/aromatic N) is 4.